The molecule has 0 aliphatic rings. The summed E-state index contributed by atoms with van der Waals surface area (Å²) < 4.78 is 0. The number of carboxylic acid groups (broad SMARTS) is 1. The highest BCUT2D eigenvalue weighted by atomic mass is 32.2. The molecule has 1 aromatic rings. The lowest BCUT2D eigenvalue weighted by molar-refractivity contribution is -0.140. The Labute approximate surface area is 80.4 Å². The minimum Gasteiger partial charge on any atom is -0.481 e. The van der Waals surface area contributed by atoms with Gasteiger partial charge in [-0.15, -0.1) is 11.8 Å². The monoisotopic (exact) mass is 198 g/mol. The van der Waals surface area contributed by atoms with Gasteiger partial charge in [-0.2, -0.15) is 0 Å². The van der Waals surface area contributed by atoms with E-state index in [1.54, 1.807) is 25.5 Å². The van der Waals surface area contributed by atoms with Gasteiger partial charge in [-0.3, -0.25) is 9.78 Å². The van der Waals surface area contributed by atoms with Gasteiger partial charge < -0.3 is 5.11 Å². The van der Waals surface area contributed by atoms with Gasteiger partial charge in [0, 0.05) is 18.1 Å². The third-order valence-electron chi connectivity index (χ3n) is 1.44. The predicted molar refractivity (Wildman–Crippen MR) is 49.6 cm³/mol. The number of nitrogens with zero attached hydrogens (tertiary/aromatic N) is 2. The molecule has 0 bridgehead atoms. The molecular weight excluding hydrogens is 188 g/mol. The number of aromatic nitrogens is 2. The Hall–Kier alpha value is -1.10. The van der Waals surface area contributed by atoms with Crippen molar-refractivity contribution >= 4 is 17.7 Å². The molecule has 0 aliphatic carbocycles. The van der Waals surface area contributed by atoms with Crippen LogP contribution in [0.15, 0.2) is 23.6 Å². The fourth-order valence-corrected chi connectivity index (χ4v) is 1.48. The molecule has 1 heterocycles. The molecule has 1 unspecified atom stereocenters. The van der Waals surface area contributed by atoms with Gasteiger partial charge >= 0.3 is 5.97 Å². The average Bonchev–Trinajstić information content (AvgIpc) is 2.15. The van der Waals surface area contributed by atoms with E-state index < -0.39 is 5.97 Å². The molecule has 0 saturated carbocycles. The van der Waals surface area contributed by atoms with E-state index >= 15 is 0 Å². The fraction of sp³-hybridized carbons (Fsp3) is 0.375. The Bertz CT molecular complexity index is 279. The first kappa shape index (κ1) is 9.98. The van der Waals surface area contributed by atoms with Crippen LogP contribution in [0.2, 0.25) is 0 Å². The summed E-state index contributed by atoms with van der Waals surface area (Å²) in [5, 5.41) is 9.37. The summed E-state index contributed by atoms with van der Waals surface area (Å²) in [6, 6.07) is 0. The van der Waals surface area contributed by atoms with Gasteiger partial charge in [0.15, 0.2) is 0 Å². The van der Waals surface area contributed by atoms with Crippen LogP contribution in [0.5, 0.6) is 0 Å². The Morgan fingerprint density at radius 1 is 1.69 bits per heavy atom. The van der Waals surface area contributed by atoms with Crippen molar-refractivity contribution in [1.82, 2.24) is 9.97 Å². The minimum atomic E-state index is -0.781. The maximum atomic E-state index is 10.5. The van der Waals surface area contributed by atoms with E-state index in [1.165, 1.54) is 11.8 Å². The summed E-state index contributed by atoms with van der Waals surface area (Å²) in [7, 11) is 0. The Morgan fingerprint density at radius 2 is 2.46 bits per heavy atom. The highest BCUT2D eigenvalue weighted by Gasteiger charge is 2.10. The number of hydrogen-bond donors (Lipinski definition) is 1. The van der Waals surface area contributed by atoms with Gasteiger partial charge in [-0.1, -0.05) is 6.92 Å². The molecule has 0 aromatic carbocycles. The quantitative estimate of drug-likeness (QED) is 0.738. The van der Waals surface area contributed by atoms with Gasteiger partial charge in [-0.25, -0.2) is 4.98 Å². The number of thioether (sulfide) groups is 1. The van der Waals surface area contributed by atoms with Gasteiger partial charge in [0.2, 0.25) is 0 Å². The summed E-state index contributed by atoms with van der Waals surface area (Å²) in [4.78, 5) is 18.4. The predicted octanol–water partition coefficient (Wildman–Crippen LogP) is 1.29. The molecule has 1 rings (SSSR count). The van der Waals surface area contributed by atoms with E-state index in [2.05, 4.69) is 9.97 Å². The van der Waals surface area contributed by atoms with Crippen LogP contribution in [-0.2, 0) is 4.79 Å². The molecule has 1 N–H and O–H groups in total. The van der Waals surface area contributed by atoms with E-state index in [4.69, 9.17) is 5.11 Å². The van der Waals surface area contributed by atoms with Crippen molar-refractivity contribution in [2.45, 2.75) is 11.9 Å². The number of carboxylic acids is 1. The maximum Gasteiger partial charge on any atom is 0.307 e. The lowest BCUT2D eigenvalue weighted by Gasteiger charge is -2.03. The third kappa shape index (κ3) is 3.42. The van der Waals surface area contributed by atoms with Crippen molar-refractivity contribution in [2.75, 3.05) is 5.75 Å². The molecule has 4 nitrogen and oxygen atoms in total. The van der Waals surface area contributed by atoms with Crippen molar-refractivity contribution in [3.05, 3.63) is 18.6 Å². The summed E-state index contributed by atoms with van der Waals surface area (Å²) in [6.07, 6.45) is 4.80. The Kier molecular flexibility index (Phi) is 3.70. The lowest BCUT2D eigenvalue weighted by Crippen LogP contribution is -2.11. The SMILES string of the molecule is CC(CSc1cnccn1)C(=O)O. The molecule has 0 spiro atoms. The van der Waals surface area contributed by atoms with Crippen molar-refractivity contribution in [3.8, 4) is 0 Å². The van der Waals surface area contributed by atoms with Crippen molar-refractivity contribution in [3.63, 3.8) is 0 Å². The third-order valence-corrected chi connectivity index (χ3v) is 2.62. The fourth-order valence-electron chi connectivity index (χ4n) is 0.642. The van der Waals surface area contributed by atoms with Crippen molar-refractivity contribution in [1.29, 1.82) is 0 Å². The molecule has 1 aromatic heterocycles. The topological polar surface area (TPSA) is 63.1 Å². The summed E-state index contributed by atoms with van der Waals surface area (Å²) in [5.41, 5.74) is 0. The summed E-state index contributed by atoms with van der Waals surface area (Å²) in [5.74, 6) is -0.614. The normalized spacial score (nSPS) is 12.4. The average molecular weight is 198 g/mol. The van der Waals surface area contributed by atoms with Crippen LogP contribution < -0.4 is 0 Å². The Morgan fingerprint density at radius 3 is 3.00 bits per heavy atom. The van der Waals surface area contributed by atoms with Crippen LogP contribution in [-0.4, -0.2) is 26.8 Å². The molecule has 0 amide bonds. The molecule has 0 fully saturated rings. The molecular formula is C8H10N2O2S. The lowest BCUT2D eigenvalue weighted by atomic mass is 10.2. The second kappa shape index (κ2) is 4.81. The standard InChI is InChI=1S/C8H10N2O2S/c1-6(8(11)12)5-13-7-4-9-2-3-10-7/h2-4,6H,5H2,1H3,(H,11,12). The molecule has 0 saturated heterocycles. The van der Waals surface area contributed by atoms with Crippen LogP contribution in [0.3, 0.4) is 0 Å². The molecule has 0 radical (unpaired) electrons. The second-order valence-electron chi connectivity index (χ2n) is 2.59. The Balaban J connectivity index is 2.39. The van der Waals surface area contributed by atoms with Crippen molar-refractivity contribution in [2.24, 2.45) is 5.92 Å². The highest BCUT2D eigenvalue weighted by Crippen LogP contribution is 2.16. The van der Waals surface area contributed by atoms with Gasteiger partial charge in [0.05, 0.1) is 12.1 Å². The minimum absolute atomic E-state index is 0.355. The van der Waals surface area contributed by atoms with Crippen molar-refractivity contribution < 1.29 is 9.90 Å². The molecule has 5 heteroatoms. The van der Waals surface area contributed by atoms with Gasteiger partial charge in [0.25, 0.3) is 0 Å². The zero-order valence-corrected chi connectivity index (χ0v) is 7.99. The molecule has 1 atom stereocenters. The molecule has 0 aliphatic heterocycles. The van der Waals surface area contributed by atoms with E-state index in [0.29, 0.717) is 5.75 Å². The highest BCUT2D eigenvalue weighted by molar-refractivity contribution is 7.99. The summed E-state index contributed by atoms with van der Waals surface area (Å²) in [6.45, 7) is 1.67. The first-order valence-corrected chi connectivity index (χ1v) is 4.80. The smallest absolute Gasteiger partial charge is 0.307 e. The first-order chi connectivity index (χ1) is 6.20. The number of hydrogen-bond acceptors (Lipinski definition) is 4. The number of rotatable bonds is 4. The zero-order valence-electron chi connectivity index (χ0n) is 7.17. The van der Waals surface area contributed by atoms with Crippen LogP contribution in [0.1, 0.15) is 6.92 Å². The van der Waals surface area contributed by atoms with E-state index in [-0.39, 0.29) is 5.92 Å². The van der Waals surface area contributed by atoms with Crippen LogP contribution in [0.25, 0.3) is 0 Å². The van der Waals surface area contributed by atoms with E-state index in [1.807, 2.05) is 0 Å². The molecule has 13 heavy (non-hydrogen) atoms. The van der Waals surface area contributed by atoms with Gasteiger partial charge in [0.1, 0.15) is 5.03 Å². The zero-order chi connectivity index (χ0) is 9.68. The summed E-state index contributed by atoms with van der Waals surface area (Å²) >= 11 is 1.40. The van der Waals surface area contributed by atoms with Crippen LogP contribution >= 0.6 is 11.8 Å². The van der Waals surface area contributed by atoms with Gasteiger partial charge in [-0.05, 0) is 0 Å². The van der Waals surface area contributed by atoms with Crippen LogP contribution in [0, 0.1) is 5.92 Å². The maximum absolute atomic E-state index is 10.5. The number of aliphatic carboxylic acids is 1. The largest absolute Gasteiger partial charge is 0.481 e. The second-order valence-corrected chi connectivity index (χ2v) is 3.63. The van der Waals surface area contributed by atoms with E-state index in [9.17, 15) is 4.79 Å². The molecule has 70 valence electrons. The van der Waals surface area contributed by atoms with E-state index in [0.717, 1.165) is 5.03 Å². The first-order valence-electron chi connectivity index (χ1n) is 3.82. The number of carbonyl (C=O) groups is 1. The van der Waals surface area contributed by atoms with Crippen LogP contribution in [0.4, 0.5) is 0 Å².